The molecule has 27 heavy (non-hydrogen) atoms. The lowest BCUT2D eigenvalue weighted by atomic mass is 10.2. The predicted octanol–water partition coefficient (Wildman–Crippen LogP) is 2.00. The number of aryl methyl sites for hydroxylation is 1. The maximum absolute atomic E-state index is 12.2. The number of hydrogen-bond donors (Lipinski definition) is 2. The lowest BCUT2D eigenvalue weighted by Crippen LogP contribution is -2.30. The van der Waals surface area contributed by atoms with Crippen molar-refractivity contribution in [3.8, 4) is 5.75 Å². The minimum Gasteiger partial charge on any atom is -0.496 e. The van der Waals surface area contributed by atoms with E-state index in [9.17, 15) is 9.59 Å². The average molecular weight is 384 g/mol. The topological polar surface area (TPSA) is 84.7 Å². The van der Waals surface area contributed by atoms with Gasteiger partial charge in [0.05, 0.1) is 22.9 Å². The van der Waals surface area contributed by atoms with Gasteiger partial charge in [-0.3, -0.25) is 9.59 Å². The molecule has 8 heteroatoms. The highest BCUT2D eigenvalue weighted by Crippen LogP contribution is 2.17. The summed E-state index contributed by atoms with van der Waals surface area (Å²) < 4.78 is 8.18. The Bertz CT molecular complexity index is 1040. The zero-order chi connectivity index (χ0) is 19.2. The van der Waals surface area contributed by atoms with Gasteiger partial charge in [-0.1, -0.05) is 35.6 Å². The number of thiazole rings is 1. The molecule has 0 aliphatic rings. The van der Waals surface area contributed by atoms with Gasteiger partial charge in [0, 0.05) is 20.0 Å². The molecule has 1 aromatic heterocycles. The number of benzene rings is 2. The van der Waals surface area contributed by atoms with Gasteiger partial charge in [-0.2, -0.15) is 0 Å². The number of methoxy groups -OCH3 is 1. The number of carbonyl (C=O) groups is 2. The van der Waals surface area contributed by atoms with E-state index in [1.54, 1.807) is 24.3 Å². The fourth-order valence-corrected chi connectivity index (χ4v) is 3.55. The van der Waals surface area contributed by atoms with Crippen molar-refractivity contribution in [1.29, 1.82) is 0 Å². The van der Waals surface area contributed by atoms with E-state index in [1.165, 1.54) is 18.4 Å². The summed E-state index contributed by atoms with van der Waals surface area (Å²) in [5, 5.41) is 6.89. The van der Waals surface area contributed by atoms with E-state index in [1.807, 2.05) is 35.9 Å². The molecule has 140 valence electrons. The molecule has 1 heterocycles. The number of hydrogen-bond acceptors (Lipinski definition) is 5. The Balaban J connectivity index is 1.55. The Morgan fingerprint density at radius 1 is 1.15 bits per heavy atom. The minimum atomic E-state index is -0.284. The summed E-state index contributed by atoms with van der Waals surface area (Å²) in [6.45, 7) is 0.205. The average Bonchev–Trinajstić information content (AvgIpc) is 3.02. The number of fused-ring (bicyclic) bond motifs is 1. The second kappa shape index (κ2) is 8.50. The van der Waals surface area contributed by atoms with Crippen LogP contribution in [0.5, 0.6) is 5.75 Å². The van der Waals surface area contributed by atoms with Crippen LogP contribution in [0.15, 0.2) is 53.6 Å². The molecule has 0 bridgehead atoms. The van der Waals surface area contributed by atoms with E-state index in [4.69, 9.17) is 4.74 Å². The molecule has 0 unspecified atom stereocenters. The van der Waals surface area contributed by atoms with Crippen LogP contribution in [-0.2, 0) is 11.8 Å². The maximum Gasteiger partial charge on any atom is 0.255 e. The Labute approximate surface area is 160 Å². The van der Waals surface area contributed by atoms with Gasteiger partial charge in [-0.05, 0) is 24.3 Å². The molecule has 0 fully saturated rings. The molecular weight excluding hydrogens is 364 g/mol. The lowest BCUT2D eigenvalue weighted by Gasteiger charge is -2.08. The zero-order valence-electron chi connectivity index (χ0n) is 15.1. The zero-order valence-corrected chi connectivity index (χ0v) is 15.9. The fourth-order valence-electron chi connectivity index (χ4n) is 2.57. The molecule has 3 aromatic rings. The summed E-state index contributed by atoms with van der Waals surface area (Å²) in [5.74, 6) is -0.0624. The van der Waals surface area contributed by atoms with Crippen molar-refractivity contribution >= 4 is 33.4 Å². The van der Waals surface area contributed by atoms with Gasteiger partial charge in [0.1, 0.15) is 5.75 Å². The Hall–Kier alpha value is -3.13. The number of rotatable bonds is 6. The Kier molecular flexibility index (Phi) is 5.87. The van der Waals surface area contributed by atoms with Gasteiger partial charge in [0.25, 0.3) is 5.91 Å². The van der Waals surface area contributed by atoms with Gasteiger partial charge >= 0.3 is 0 Å². The van der Waals surface area contributed by atoms with Crippen LogP contribution < -0.4 is 20.3 Å². The van der Waals surface area contributed by atoms with Crippen molar-refractivity contribution in [1.82, 2.24) is 15.3 Å². The van der Waals surface area contributed by atoms with Crippen LogP contribution in [0.3, 0.4) is 0 Å². The van der Waals surface area contributed by atoms with Crippen LogP contribution in [0, 0.1) is 0 Å². The first-order valence-corrected chi connectivity index (χ1v) is 9.20. The first kappa shape index (κ1) is 18.7. The highest BCUT2D eigenvalue weighted by Gasteiger charge is 2.11. The first-order chi connectivity index (χ1) is 13.1. The molecule has 2 N–H and O–H groups in total. The molecule has 2 aromatic carbocycles. The molecule has 0 radical (unpaired) electrons. The Morgan fingerprint density at radius 2 is 1.89 bits per heavy atom. The third kappa shape index (κ3) is 4.35. The van der Waals surface area contributed by atoms with Crippen molar-refractivity contribution in [2.45, 2.75) is 6.42 Å². The van der Waals surface area contributed by atoms with E-state index in [-0.39, 0.29) is 24.8 Å². The van der Waals surface area contributed by atoms with Crippen molar-refractivity contribution in [3.63, 3.8) is 0 Å². The molecule has 0 spiro atoms. The van der Waals surface area contributed by atoms with Crippen LogP contribution in [0.4, 0.5) is 0 Å². The number of aromatic nitrogens is 1. The summed E-state index contributed by atoms with van der Waals surface area (Å²) in [6.07, 6.45) is 0.124. The molecule has 0 atom stereocenters. The van der Waals surface area contributed by atoms with E-state index >= 15 is 0 Å². The quantitative estimate of drug-likeness (QED) is 0.638. The number of ether oxygens (including phenoxy) is 1. The van der Waals surface area contributed by atoms with Gasteiger partial charge in [-0.15, -0.1) is 5.10 Å². The van der Waals surface area contributed by atoms with Gasteiger partial charge in [0.2, 0.25) is 10.7 Å². The van der Waals surface area contributed by atoms with Crippen molar-refractivity contribution in [2.24, 2.45) is 12.1 Å². The Morgan fingerprint density at radius 3 is 2.67 bits per heavy atom. The van der Waals surface area contributed by atoms with E-state index in [2.05, 4.69) is 15.8 Å². The highest BCUT2D eigenvalue weighted by atomic mass is 32.1. The number of para-hydroxylation sites is 2. The first-order valence-electron chi connectivity index (χ1n) is 8.38. The number of carbonyl (C=O) groups excluding carboxylic acids is 2. The monoisotopic (exact) mass is 384 g/mol. The molecular formula is C19H20N4O3S. The van der Waals surface area contributed by atoms with Crippen molar-refractivity contribution in [2.75, 3.05) is 13.7 Å². The van der Waals surface area contributed by atoms with Crippen molar-refractivity contribution in [3.05, 3.63) is 58.9 Å². The van der Waals surface area contributed by atoms with Crippen molar-refractivity contribution < 1.29 is 14.3 Å². The third-order valence-electron chi connectivity index (χ3n) is 3.98. The normalized spacial score (nSPS) is 11.4. The summed E-state index contributed by atoms with van der Waals surface area (Å²) in [4.78, 5) is 24.9. The molecule has 3 rings (SSSR count). The summed E-state index contributed by atoms with van der Waals surface area (Å²) in [7, 11) is 3.41. The third-order valence-corrected chi connectivity index (χ3v) is 5.09. The summed E-state index contributed by atoms with van der Waals surface area (Å²) >= 11 is 1.49. The fraction of sp³-hybridized carbons (Fsp3) is 0.211. The van der Waals surface area contributed by atoms with Crippen LogP contribution in [0.2, 0.25) is 0 Å². The largest absolute Gasteiger partial charge is 0.496 e. The number of amides is 2. The maximum atomic E-state index is 12.2. The highest BCUT2D eigenvalue weighted by molar-refractivity contribution is 7.16. The predicted molar refractivity (Wildman–Crippen MR) is 104 cm³/mol. The van der Waals surface area contributed by atoms with E-state index < -0.39 is 0 Å². The minimum absolute atomic E-state index is 0.124. The standard InChI is InChI=1S/C19H20N4O3S/c1-23-14-8-4-6-10-16(14)27-19(23)22-21-17(24)11-12-20-18(25)13-7-3-5-9-15(13)26-2/h3-10H,11-12H2,1-2H3,(H,20,25)(H,21,24)/b22-19-. The SMILES string of the molecule is COc1ccccc1C(=O)NCCC(=O)N/N=c1\sc2ccccc2n1C. The second-order valence-corrected chi connectivity index (χ2v) is 6.77. The summed E-state index contributed by atoms with van der Waals surface area (Å²) in [6, 6.07) is 14.9. The molecule has 2 amide bonds. The smallest absolute Gasteiger partial charge is 0.255 e. The molecule has 0 saturated heterocycles. The lowest BCUT2D eigenvalue weighted by molar-refractivity contribution is -0.121. The van der Waals surface area contributed by atoms with Gasteiger partial charge < -0.3 is 14.6 Å². The van der Waals surface area contributed by atoms with Crippen LogP contribution in [0.25, 0.3) is 10.2 Å². The molecule has 7 nitrogen and oxygen atoms in total. The number of nitrogens with zero attached hydrogens (tertiary/aromatic N) is 2. The van der Waals surface area contributed by atoms with Gasteiger partial charge in [0.15, 0.2) is 0 Å². The van der Waals surface area contributed by atoms with E-state index in [0.29, 0.717) is 16.1 Å². The molecule has 0 saturated carbocycles. The summed E-state index contributed by atoms with van der Waals surface area (Å²) in [5.41, 5.74) is 4.02. The number of nitrogens with one attached hydrogen (secondary N) is 2. The van der Waals surface area contributed by atoms with Crippen LogP contribution >= 0.6 is 11.3 Å². The van der Waals surface area contributed by atoms with Gasteiger partial charge in [-0.25, -0.2) is 5.43 Å². The molecule has 0 aliphatic heterocycles. The molecule has 0 aliphatic carbocycles. The van der Waals surface area contributed by atoms with E-state index in [0.717, 1.165) is 10.2 Å². The van der Waals surface area contributed by atoms with Crippen LogP contribution in [-0.4, -0.2) is 30.0 Å². The second-order valence-electron chi connectivity index (χ2n) is 5.76. The van der Waals surface area contributed by atoms with Crippen LogP contribution in [0.1, 0.15) is 16.8 Å².